The van der Waals surface area contributed by atoms with E-state index in [1.54, 1.807) is 20.8 Å². The van der Waals surface area contributed by atoms with Gasteiger partial charge in [-0.25, -0.2) is 8.78 Å². The number of nitrogens with zero attached hydrogens (tertiary/aromatic N) is 1. The predicted molar refractivity (Wildman–Crippen MR) is 71.9 cm³/mol. The van der Waals surface area contributed by atoms with Gasteiger partial charge >= 0.3 is 0 Å². The van der Waals surface area contributed by atoms with Gasteiger partial charge in [-0.05, 0) is 18.6 Å². The van der Waals surface area contributed by atoms with Crippen LogP contribution in [0.5, 0.6) is 0 Å². The molecule has 1 aromatic rings. The van der Waals surface area contributed by atoms with E-state index < -0.39 is 17.0 Å². The summed E-state index contributed by atoms with van der Waals surface area (Å²) in [6, 6.07) is 4.39. The van der Waals surface area contributed by atoms with Crippen molar-refractivity contribution in [2.24, 2.45) is 5.41 Å². The molecule has 2 nitrogen and oxygen atoms in total. The van der Waals surface area contributed by atoms with E-state index in [-0.39, 0.29) is 33.3 Å². The largest absolute Gasteiger partial charge is 0.309 e. The van der Waals surface area contributed by atoms with E-state index in [9.17, 15) is 13.6 Å². The van der Waals surface area contributed by atoms with E-state index in [1.807, 2.05) is 13.0 Å². The molecule has 0 aliphatic heterocycles. The predicted octanol–water partition coefficient (Wildman–Crippen LogP) is 3.94. The Morgan fingerprint density at radius 2 is 1.90 bits per heavy atom. The number of anilines is 1. The Labute approximate surface area is 134 Å². The number of carbonyl (C=O) groups is 1. The molecule has 0 saturated carbocycles. The van der Waals surface area contributed by atoms with Gasteiger partial charge in [-0.2, -0.15) is 0 Å². The van der Waals surface area contributed by atoms with Gasteiger partial charge in [-0.3, -0.25) is 4.79 Å². The summed E-state index contributed by atoms with van der Waals surface area (Å²) in [5.74, 6) is -1.77. The third kappa shape index (κ3) is 4.99. The molecule has 1 rings (SSSR count). The van der Waals surface area contributed by atoms with Crippen LogP contribution in [0.4, 0.5) is 14.5 Å². The number of hydrogen-bond donors (Lipinski definition) is 0. The summed E-state index contributed by atoms with van der Waals surface area (Å²) >= 11 is 0. The molecule has 0 aromatic heterocycles. The van der Waals surface area contributed by atoms with E-state index in [2.05, 4.69) is 0 Å². The molecule has 109 valence electrons. The zero-order valence-electron chi connectivity index (χ0n) is 12.4. The number of amides is 1. The summed E-state index contributed by atoms with van der Waals surface area (Å²) in [7, 11) is 0. The zero-order valence-corrected chi connectivity index (χ0v) is 13.9. The molecule has 0 spiro atoms. The number of benzene rings is 1. The van der Waals surface area contributed by atoms with Gasteiger partial charge in [0.15, 0.2) is 5.82 Å². The second-order valence-corrected chi connectivity index (χ2v) is 5.57. The standard InChI is InChI=1S/C15H20F2NO.Ti/c1-5-6-9-18(14(19)15(2,3)4)13-8-7-11(16)10-12(13)17;/h7-8H,5-6,9H2,1-4H3;. The van der Waals surface area contributed by atoms with E-state index in [1.165, 1.54) is 11.0 Å². The average Bonchev–Trinajstić information content (AvgIpc) is 2.30. The third-order valence-corrected chi connectivity index (χ3v) is 2.75. The van der Waals surface area contributed by atoms with Crippen molar-refractivity contribution in [3.63, 3.8) is 0 Å². The molecular weight excluding hydrogens is 296 g/mol. The molecule has 1 amide bonds. The van der Waals surface area contributed by atoms with Crippen LogP contribution in [0.15, 0.2) is 12.1 Å². The molecule has 0 aliphatic carbocycles. The molecule has 0 aliphatic rings. The maximum atomic E-state index is 13.8. The summed E-state index contributed by atoms with van der Waals surface area (Å²) in [5.41, 5.74) is -0.524. The zero-order chi connectivity index (χ0) is 14.6. The summed E-state index contributed by atoms with van der Waals surface area (Å²) in [6.45, 7) is 7.74. The summed E-state index contributed by atoms with van der Waals surface area (Å²) in [4.78, 5) is 13.7. The van der Waals surface area contributed by atoms with Gasteiger partial charge in [0.1, 0.15) is 5.82 Å². The molecule has 0 heterocycles. The maximum absolute atomic E-state index is 13.8. The Kier molecular flexibility index (Phi) is 7.60. The summed E-state index contributed by atoms with van der Waals surface area (Å²) in [5, 5.41) is 0. The van der Waals surface area contributed by atoms with Crippen molar-refractivity contribution in [3.8, 4) is 0 Å². The fourth-order valence-electron chi connectivity index (χ4n) is 1.70. The van der Waals surface area contributed by atoms with Crippen LogP contribution < -0.4 is 4.90 Å². The van der Waals surface area contributed by atoms with Crippen molar-refractivity contribution >= 4 is 11.6 Å². The minimum absolute atomic E-state index is 0. The molecule has 1 aromatic carbocycles. The quantitative estimate of drug-likeness (QED) is 0.771. The van der Waals surface area contributed by atoms with Crippen LogP contribution in [0.2, 0.25) is 0 Å². The first-order chi connectivity index (χ1) is 8.77. The van der Waals surface area contributed by atoms with Gasteiger partial charge in [0.05, 0.1) is 11.8 Å². The van der Waals surface area contributed by atoms with Gasteiger partial charge in [-0.15, -0.1) is 0 Å². The first-order valence-corrected chi connectivity index (χ1v) is 6.46. The fourth-order valence-corrected chi connectivity index (χ4v) is 1.70. The van der Waals surface area contributed by atoms with E-state index in [4.69, 9.17) is 0 Å². The Balaban J connectivity index is 0.00000361. The topological polar surface area (TPSA) is 20.3 Å². The first kappa shape index (κ1) is 19.3. The van der Waals surface area contributed by atoms with Crippen LogP contribution in [0.3, 0.4) is 0 Å². The van der Waals surface area contributed by atoms with Crippen molar-refractivity contribution in [2.75, 3.05) is 11.4 Å². The fraction of sp³-hybridized carbons (Fsp3) is 0.533. The van der Waals surface area contributed by atoms with Crippen LogP contribution in [0.1, 0.15) is 40.5 Å². The molecule has 0 atom stereocenters. The number of halogens is 2. The van der Waals surface area contributed by atoms with Crippen LogP contribution >= 0.6 is 0 Å². The Bertz CT molecular complexity index is 458. The minimum Gasteiger partial charge on any atom is -0.309 e. The Hall–Kier alpha value is -0.736. The van der Waals surface area contributed by atoms with Crippen LogP contribution in [-0.2, 0) is 26.5 Å². The average molecular weight is 316 g/mol. The van der Waals surface area contributed by atoms with Gasteiger partial charge in [0, 0.05) is 33.7 Å². The van der Waals surface area contributed by atoms with Crippen molar-refractivity contribution in [2.45, 2.75) is 40.5 Å². The molecule has 0 fully saturated rings. The van der Waals surface area contributed by atoms with Crippen molar-refractivity contribution in [1.82, 2.24) is 0 Å². The molecule has 0 unspecified atom stereocenters. The van der Waals surface area contributed by atoms with E-state index >= 15 is 0 Å². The van der Waals surface area contributed by atoms with Crippen molar-refractivity contribution in [1.29, 1.82) is 0 Å². The van der Waals surface area contributed by atoms with Gasteiger partial charge in [-0.1, -0.05) is 34.1 Å². The second-order valence-electron chi connectivity index (χ2n) is 5.57. The van der Waals surface area contributed by atoms with Crippen LogP contribution in [0, 0.1) is 23.1 Å². The molecule has 5 heteroatoms. The van der Waals surface area contributed by atoms with Crippen LogP contribution in [-0.4, -0.2) is 12.5 Å². The maximum Gasteiger partial charge on any atom is 0.232 e. The Morgan fingerprint density at radius 1 is 1.30 bits per heavy atom. The number of hydrogen-bond acceptors (Lipinski definition) is 1. The third-order valence-electron chi connectivity index (χ3n) is 2.75. The summed E-state index contributed by atoms with van der Waals surface area (Å²) in [6.07, 6.45) is 1.65. The summed E-state index contributed by atoms with van der Waals surface area (Å²) < 4.78 is 26.7. The van der Waals surface area contributed by atoms with Gasteiger partial charge in [0.2, 0.25) is 5.91 Å². The van der Waals surface area contributed by atoms with Crippen LogP contribution in [0.25, 0.3) is 0 Å². The van der Waals surface area contributed by atoms with Gasteiger partial charge in [0.25, 0.3) is 0 Å². The van der Waals surface area contributed by atoms with E-state index in [0.717, 1.165) is 18.9 Å². The number of rotatable bonds is 4. The van der Waals surface area contributed by atoms with E-state index in [0.29, 0.717) is 6.54 Å². The number of unbranched alkanes of at least 4 members (excludes halogenated alkanes) is 1. The van der Waals surface area contributed by atoms with Crippen molar-refractivity contribution in [3.05, 3.63) is 29.8 Å². The molecule has 1 radical (unpaired) electrons. The smallest absolute Gasteiger partial charge is 0.232 e. The SMILES string of the molecule is CCCCN(C(=O)C(C)(C)C)c1ccc(F)[c]c1F.[Ti]. The first-order valence-electron chi connectivity index (χ1n) is 6.46. The molecule has 0 bridgehead atoms. The molecule has 20 heavy (non-hydrogen) atoms. The van der Waals surface area contributed by atoms with Crippen molar-refractivity contribution < 1.29 is 35.3 Å². The van der Waals surface area contributed by atoms with Gasteiger partial charge < -0.3 is 4.90 Å². The monoisotopic (exact) mass is 316 g/mol. The molecule has 0 N–H and O–H groups in total. The normalized spacial score (nSPS) is 10.9. The number of carbonyl (C=O) groups excluding carboxylic acids is 1. The minimum atomic E-state index is -0.825. The second kappa shape index (κ2) is 7.89. The molecular formula is C15H20F2NOTi. The molecule has 0 saturated heterocycles. The Morgan fingerprint density at radius 3 is 2.35 bits per heavy atom.